The second-order valence-corrected chi connectivity index (χ2v) is 11.1. The molecule has 0 spiro atoms. The van der Waals surface area contributed by atoms with Crippen LogP contribution < -0.4 is 9.62 Å². The number of nitrogens with zero attached hydrogens (tertiary/aromatic N) is 2. The van der Waals surface area contributed by atoms with Gasteiger partial charge >= 0.3 is 0 Å². The zero-order chi connectivity index (χ0) is 24.9. The number of amides is 2. The summed E-state index contributed by atoms with van der Waals surface area (Å²) in [5, 5.41) is 3.07. The van der Waals surface area contributed by atoms with Crippen LogP contribution in [-0.4, -0.2) is 50.0 Å². The van der Waals surface area contributed by atoms with Gasteiger partial charge in [0.25, 0.3) is 0 Å². The maximum absolute atomic E-state index is 13.6. The molecule has 1 saturated carbocycles. The number of carbonyl (C=O) groups is 2. The van der Waals surface area contributed by atoms with Gasteiger partial charge in [0.15, 0.2) is 0 Å². The molecule has 0 heterocycles. The predicted octanol–water partition coefficient (Wildman–Crippen LogP) is 3.55. The first-order valence-electron chi connectivity index (χ1n) is 11.8. The Kier molecular flexibility index (Phi) is 8.36. The molecule has 34 heavy (non-hydrogen) atoms. The Balaban J connectivity index is 1.90. The summed E-state index contributed by atoms with van der Waals surface area (Å²) >= 11 is 0. The largest absolute Gasteiger partial charge is 0.352 e. The van der Waals surface area contributed by atoms with Gasteiger partial charge in [0, 0.05) is 12.6 Å². The molecule has 1 atom stereocenters. The van der Waals surface area contributed by atoms with Gasteiger partial charge < -0.3 is 10.2 Å². The van der Waals surface area contributed by atoms with E-state index in [-0.39, 0.29) is 25.0 Å². The van der Waals surface area contributed by atoms with E-state index in [2.05, 4.69) is 5.32 Å². The third-order valence-electron chi connectivity index (χ3n) is 6.53. The second-order valence-electron chi connectivity index (χ2n) is 9.17. The fourth-order valence-corrected chi connectivity index (χ4v) is 5.29. The van der Waals surface area contributed by atoms with Crippen molar-refractivity contribution in [2.75, 3.05) is 17.1 Å². The highest BCUT2D eigenvalue weighted by Gasteiger charge is 2.31. The average Bonchev–Trinajstić information content (AvgIpc) is 3.29. The number of sulfonamides is 1. The van der Waals surface area contributed by atoms with Crippen LogP contribution in [0.3, 0.4) is 0 Å². The quantitative estimate of drug-likeness (QED) is 0.589. The first-order chi connectivity index (χ1) is 16.1. The number of anilines is 1. The van der Waals surface area contributed by atoms with Crippen LogP contribution in [0.1, 0.15) is 49.3 Å². The lowest BCUT2D eigenvalue weighted by atomic mass is 10.1. The monoisotopic (exact) mass is 485 g/mol. The van der Waals surface area contributed by atoms with Gasteiger partial charge in [-0.05, 0) is 56.4 Å². The Morgan fingerprint density at radius 1 is 1.00 bits per heavy atom. The highest BCUT2D eigenvalue weighted by Crippen LogP contribution is 2.23. The second kappa shape index (κ2) is 11.0. The Morgan fingerprint density at radius 3 is 2.18 bits per heavy atom. The van der Waals surface area contributed by atoms with E-state index in [1.807, 2.05) is 37.3 Å². The Hall–Kier alpha value is -2.87. The van der Waals surface area contributed by atoms with E-state index in [0.29, 0.717) is 5.69 Å². The number of carbonyl (C=O) groups excluding carboxylic acids is 2. The molecule has 0 saturated heterocycles. The van der Waals surface area contributed by atoms with Gasteiger partial charge in [0.1, 0.15) is 12.6 Å². The molecule has 1 N–H and O–H groups in total. The summed E-state index contributed by atoms with van der Waals surface area (Å²) in [6.07, 6.45) is 5.16. The molecule has 1 aliphatic carbocycles. The standard InChI is InChI=1S/C26H35N3O4S/c1-19-11-5-7-13-22(19)17-28(21(3)26(31)27-23-14-8-9-15-23)25(30)18-29(34(4,32)33)24-16-10-6-12-20(24)2/h5-7,10-13,16,21,23H,8-9,14-15,17-18H2,1-4H3,(H,27,31)/t21-/m1/s1. The number of aryl methyl sites for hydroxylation is 2. The average molecular weight is 486 g/mol. The van der Waals surface area contributed by atoms with E-state index in [9.17, 15) is 18.0 Å². The summed E-state index contributed by atoms with van der Waals surface area (Å²) < 4.78 is 26.5. The molecular weight excluding hydrogens is 450 g/mol. The molecule has 7 nitrogen and oxygen atoms in total. The fraction of sp³-hybridized carbons (Fsp3) is 0.462. The molecule has 2 aromatic rings. The van der Waals surface area contributed by atoms with E-state index in [1.54, 1.807) is 32.0 Å². The number of hydrogen-bond donors (Lipinski definition) is 1. The van der Waals surface area contributed by atoms with Gasteiger partial charge in [-0.3, -0.25) is 13.9 Å². The molecule has 0 unspecified atom stereocenters. The van der Waals surface area contributed by atoms with Crippen LogP contribution in [0.5, 0.6) is 0 Å². The van der Waals surface area contributed by atoms with Crippen LogP contribution in [0.25, 0.3) is 0 Å². The topological polar surface area (TPSA) is 86.8 Å². The van der Waals surface area contributed by atoms with E-state index in [0.717, 1.165) is 52.9 Å². The molecule has 3 rings (SSSR count). The lowest BCUT2D eigenvalue weighted by molar-refractivity contribution is -0.139. The van der Waals surface area contributed by atoms with Crippen LogP contribution >= 0.6 is 0 Å². The van der Waals surface area contributed by atoms with Crippen LogP contribution in [0.15, 0.2) is 48.5 Å². The minimum atomic E-state index is -3.73. The minimum Gasteiger partial charge on any atom is -0.352 e. The van der Waals surface area contributed by atoms with Crippen LogP contribution in [0.4, 0.5) is 5.69 Å². The van der Waals surface area contributed by atoms with Gasteiger partial charge in [-0.15, -0.1) is 0 Å². The first-order valence-corrected chi connectivity index (χ1v) is 13.6. The molecule has 1 aliphatic rings. The first kappa shape index (κ1) is 25.7. The zero-order valence-electron chi connectivity index (χ0n) is 20.5. The maximum Gasteiger partial charge on any atom is 0.244 e. The van der Waals surface area contributed by atoms with Crippen molar-refractivity contribution in [3.05, 3.63) is 65.2 Å². The molecule has 184 valence electrons. The van der Waals surface area contributed by atoms with Crippen molar-refractivity contribution >= 4 is 27.5 Å². The number of benzene rings is 2. The molecule has 0 bridgehead atoms. The fourth-order valence-electron chi connectivity index (χ4n) is 4.38. The number of nitrogens with one attached hydrogen (secondary N) is 1. The molecule has 2 aromatic carbocycles. The predicted molar refractivity (Wildman–Crippen MR) is 135 cm³/mol. The number of para-hydroxylation sites is 1. The molecule has 0 aliphatic heterocycles. The van der Waals surface area contributed by atoms with Crippen molar-refractivity contribution in [3.63, 3.8) is 0 Å². The van der Waals surface area contributed by atoms with Crippen molar-refractivity contribution < 1.29 is 18.0 Å². The van der Waals surface area contributed by atoms with Crippen LogP contribution in [-0.2, 0) is 26.2 Å². The third-order valence-corrected chi connectivity index (χ3v) is 7.66. The lowest BCUT2D eigenvalue weighted by Gasteiger charge is -2.32. The summed E-state index contributed by atoms with van der Waals surface area (Å²) in [6.45, 7) is 5.31. The Labute approximate surface area is 203 Å². The zero-order valence-corrected chi connectivity index (χ0v) is 21.3. The van der Waals surface area contributed by atoms with Crippen molar-refractivity contribution in [2.24, 2.45) is 0 Å². The van der Waals surface area contributed by atoms with Crippen molar-refractivity contribution in [1.82, 2.24) is 10.2 Å². The molecule has 0 aromatic heterocycles. The number of hydrogen-bond acceptors (Lipinski definition) is 4. The van der Waals surface area contributed by atoms with Gasteiger partial charge in [-0.2, -0.15) is 0 Å². The molecule has 8 heteroatoms. The number of rotatable bonds is 9. The van der Waals surface area contributed by atoms with Crippen molar-refractivity contribution in [2.45, 2.75) is 65.1 Å². The van der Waals surface area contributed by atoms with Crippen LogP contribution in [0.2, 0.25) is 0 Å². The summed E-state index contributed by atoms with van der Waals surface area (Å²) in [5.41, 5.74) is 3.12. The Bertz CT molecular complexity index is 1130. The maximum atomic E-state index is 13.6. The lowest BCUT2D eigenvalue weighted by Crippen LogP contribution is -2.52. The van der Waals surface area contributed by atoms with Crippen molar-refractivity contribution in [1.29, 1.82) is 0 Å². The van der Waals surface area contributed by atoms with E-state index in [4.69, 9.17) is 0 Å². The smallest absolute Gasteiger partial charge is 0.244 e. The molecule has 2 amide bonds. The van der Waals surface area contributed by atoms with Gasteiger partial charge in [-0.25, -0.2) is 8.42 Å². The minimum absolute atomic E-state index is 0.129. The summed E-state index contributed by atoms with van der Waals surface area (Å²) in [5.74, 6) is -0.637. The summed E-state index contributed by atoms with van der Waals surface area (Å²) in [4.78, 5) is 28.2. The van der Waals surface area contributed by atoms with Crippen molar-refractivity contribution in [3.8, 4) is 0 Å². The van der Waals surface area contributed by atoms with Crippen LogP contribution in [0, 0.1) is 13.8 Å². The van der Waals surface area contributed by atoms with E-state index < -0.39 is 22.0 Å². The van der Waals surface area contributed by atoms with E-state index >= 15 is 0 Å². The summed E-state index contributed by atoms with van der Waals surface area (Å²) in [6, 6.07) is 14.1. The highest BCUT2D eigenvalue weighted by molar-refractivity contribution is 7.92. The third kappa shape index (κ3) is 6.38. The SMILES string of the molecule is Cc1ccccc1CN(C(=O)CN(c1ccccc1C)S(C)(=O)=O)[C@H](C)C(=O)NC1CCCC1. The van der Waals surface area contributed by atoms with Gasteiger partial charge in [0.05, 0.1) is 11.9 Å². The molecular formula is C26H35N3O4S. The Morgan fingerprint density at radius 2 is 1.59 bits per heavy atom. The van der Waals surface area contributed by atoms with Gasteiger partial charge in [0.2, 0.25) is 21.8 Å². The van der Waals surface area contributed by atoms with Gasteiger partial charge in [-0.1, -0.05) is 55.3 Å². The molecule has 0 radical (unpaired) electrons. The summed E-state index contributed by atoms with van der Waals surface area (Å²) in [7, 11) is -3.73. The van der Waals surface area contributed by atoms with E-state index in [1.165, 1.54) is 4.90 Å². The normalized spacial score (nSPS) is 15.1. The molecule has 1 fully saturated rings. The highest BCUT2D eigenvalue weighted by atomic mass is 32.2.